The van der Waals surface area contributed by atoms with Gasteiger partial charge in [0.25, 0.3) is 0 Å². The third-order valence-corrected chi connectivity index (χ3v) is 4.12. The van der Waals surface area contributed by atoms with E-state index in [9.17, 15) is 0 Å². The zero-order valence-electron chi connectivity index (χ0n) is 10.3. The molecule has 0 saturated heterocycles. The van der Waals surface area contributed by atoms with E-state index >= 15 is 0 Å². The van der Waals surface area contributed by atoms with E-state index in [1.165, 1.54) is 35.7 Å². The number of nitrogens with zero attached hydrogens (tertiary/aromatic N) is 1. The first-order chi connectivity index (χ1) is 8.78. The highest BCUT2D eigenvalue weighted by Crippen LogP contribution is 2.29. The van der Waals surface area contributed by atoms with Gasteiger partial charge in [0.05, 0.1) is 11.8 Å². The summed E-state index contributed by atoms with van der Waals surface area (Å²) in [6.45, 7) is 5.69. The van der Waals surface area contributed by atoms with Crippen LogP contribution in [0.5, 0.6) is 5.75 Å². The van der Waals surface area contributed by atoms with Gasteiger partial charge in [-0.25, -0.2) is 4.72 Å². The highest BCUT2D eigenvalue weighted by atomic mass is 32.2. The maximum atomic E-state index is 5.30. The molecule has 0 aliphatic heterocycles. The maximum Gasteiger partial charge on any atom is 0.127 e. The molecule has 18 heavy (non-hydrogen) atoms. The molecule has 1 N–H and O–H groups in total. The summed E-state index contributed by atoms with van der Waals surface area (Å²) in [6.07, 6.45) is 4.04. The number of ether oxygens (including phenoxy) is 1. The predicted molar refractivity (Wildman–Crippen MR) is 76.6 cm³/mol. The number of aryl methyl sites for hydroxylation is 1. The van der Waals surface area contributed by atoms with Crippen LogP contribution in [0.2, 0.25) is 0 Å². The van der Waals surface area contributed by atoms with Crippen molar-refractivity contribution >= 4 is 23.0 Å². The molecule has 0 radical (unpaired) electrons. The van der Waals surface area contributed by atoms with Crippen LogP contribution in [-0.2, 0) is 0 Å². The van der Waals surface area contributed by atoms with Crippen LogP contribution in [0.3, 0.4) is 0 Å². The molecule has 0 unspecified atom stereocenters. The van der Waals surface area contributed by atoms with Gasteiger partial charge < -0.3 is 4.74 Å². The zero-order chi connectivity index (χ0) is 12.5. The predicted octanol–water partition coefficient (Wildman–Crippen LogP) is 3.64. The average Bonchev–Trinajstić information content (AvgIpc) is 3.11. The summed E-state index contributed by atoms with van der Waals surface area (Å²) in [4.78, 5) is 0. The second kappa shape index (κ2) is 4.71. The number of nitrogens with one attached hydrogen (secondary N) is 1. The molecular weight excluding hydrogens is 244 g/mol. The van der Waals surface area contributed by atoms with Gasteiger partial charge in [-0.15, -0.1) is 0 Å². The molecule has 3 nitrogen and oxygen atoms in total. The van der Waals surface area contributed by atoms with Crippen molar-refractivity contribution < 1.29 is 4.74 Å². The molecule has 1 heterocycles. The fourth-order valence-electron chi connectivity index (χ4n) is 1.93. The monoisotopic (exact) mass is 260 g/mol. The first kappa shape index (κ1) is 11.7. The number of fused-ring (bicyclic) bond motifs is 1. The van der Waals surface area contributed by atoms with Crippen molar-refractivity contribution in [3.8, 4) is 5.75 Å². The Bertz CT molecular complexity index is 587. The Balaban J connectivity index is 1.92. The van der Waals surface area contributed by atoms with Crippen LogP contribution in [0.25, 0.3) is 10.9 Å². The van der Waals surface area contributed by atoms with Crippen LogP contribution in [-0.4, -0.2) is 10.0 Å². The van der Waals surface area contributed by atoms with Gasteiger partial charge in [-0.2, -0.15) is 0 Å². The van der Waals surface area contributed by atoms with Crippen LogP contribution in [0, 0.1) is 6.92 Å². The summed E-state index contributed by atoms with van der Waals surface area (Å²) in [5.41, 5.74) is 2.45. The molecule has 0 spiro atoms. The zero-order valence-corrected chi connectivity index (χ0v) is 11.2. The smallest absolute Gasteiger partial charge is 0.127 e. The van der Waals surface area contributed by atoms with Crippen LogP contribution in [0.4, 0.5) is 0 Å². The highest BCUT2D eigenvalue weighted by molar-refractivity contribution is 7.96. The molecule has 1 aromatic heterocycles. The Morgan fingerprint density at radius 3 is 3.00 bits per heavy atom. The second-order valence-corrected chi connectivity index (χ2v) is 5.35. The third kappa shape index (κ3) is 2.26. The molecule has 1 aromatic carbocycles. The van der Waals surface area contributed by atoms with E-state index in [2.05, 4.69) is 34.3 Å². The molecule has 0 bridgehead atoms. The quantitative estimate of drug-likeness (QED) is 0.656. The molecule has 0 atom stereocenters. The molecular formula is C14H16N2OS. The molecule has 4 heteroatoms. The van der Waals surface area contributed by atoms with Gasteiger partial charge in [0.15, 0.2) is 0 Å². The molecule has 1 saturated carbocycles. The van der Waals surface area contributed by atoms with Gasteiger partial charge >= 0.3 is 0 Å². The number of rotatable bonds is 5. The molecule has 1 aliphatic rings. The molecule has 3 rings (SSSR count). The van der Waals surface area contributed by atoms with Crippen LogP contribution < -0.4 is 9.46 Å². The van der Waals surface area contributed by atoms with Crippen molar-refractivity contribution in [1.82, 2.24) is 8.69 Å². The van der Waals surface area contributed by atoms with Gasteiger partial charge in [0.1, 0.15) is 5.75 Å². The molecule has 94 valence electrons. The summed E-state index contributed by atoms with van der Waals surface area (Å²) in [7, 11) is 0. The van der Waals surface area contributed by atoms with E-state index in [1.807, 2.05) is 12.1 Å². The average molecular weight is 260 g/mol. The van der Waals surface area contributed by atoms with Gasteiger partial charge in [0.2, 0.25) is 0 Å². The number of hydrogen-bond donors (Lipinski definition) is 1. The van der Waals surface area contributed by atoms with Crippen molar-refractivity contribution in [1.29, 1.82) is 0 Å². The minimum Gasteiger partial charge on any atom is -0.466 e. The lowest BCUT2D eigenvalue weighted by molar-refractivity contribution is 0.484. The van der Waals surface area contributed by atoms with Crippen molar-refractivity contribution in [2.75, 3.05) is 0 Å². The molecule has 1 aliphatic carbocycles. The normalized spacial score (nSPS) is 14.9. The van der Waals surface area contributed by atoms with E-state index in [4.69, 9.17) is 4.74 Å². The van der Waals surface area contributed by atoms with E-state index in [0.717, 1.165) is 5.75 Å². The molecule has 2 aromatic rings. The lowest BCUT2D eigenvalue weighted by atomic mass is 10.2. The lowest BCUT2D eigenvalue weighted by Crippen LogP contribution is -2.09. The number of aromatic nitrogens is 1. The van der Waals surface area contributed by atoms with E-state index in [-0.39, 0.29) is 0 Å². The fraction of sp³-hybridized carbons (Fsp3) is 0.286. The van der Waals surface area contributed by atoms with Crippen molar-refractivity contribution in [3.63, 3.8) is 0 Å². The molecule has 0 amide bonds. The van der Waals surface area contributed by atoms with E-state index in [0.29, 0.717) is 6.04 Å². The van der Waals surface area contributed by atoms with Gasteiger partial charge in [-0.05, 0) is 44.0 Å². The summed E-state index contributed by atoms with van der Waals surface area (Å²) in [5.74, 6) is 0.829. The van der Waals surface area contributed by atoms with Crippen molar-refractivity contribution in [3.05, 3.63) is 42.8 Å². The highest BCUT2D eigenvalue weighted by Gasteiger charge is 2.21. The minimum atomic E-state index is 0.690. The van der Waals surface area contributed by atoms with E-state index in [1.54, 1.807) is 12.1 Å². The third-order valence-electron chi connectivity index (χ3n) is 3.01. The van der Waals surface area contributed by atoms with Crippen molar-refractivity contribution in [2.45, 2.75) is 25.8 Å². The summed E-state index contributed by atoms with van der Waals surface area (Å²) in [6, 6.07) is 8.96. The van der Waals surface area contributed by atoms with Crippen molar-refractivity contribution in [2.24, 2.45) is 0 Å². The maximum absolute atomic E-state index is 5.30. The Hall–Kier alpha value is -1.39. The standard InChI is InChI=1S/C14H16N2OS/c1-3-17-13-6-7-14-11(9-13)8-10(2)16(14)18-15-12-4-5-12/h3,6-9,12,15H,1,4-5H2,2H3. The number of benzene rings is 1. The van der Waals surface area contributed by atoms with Gasteiger partial charge in [0, 0.05) is 29.3 Å². The summed E-state index contributed by atoms with van der Waals surface area (Å²) >= 11 is 1.68. The Labute approximate surface area is 111 Å². The Morgan fingerprint density at radius 1 is 1.44 bits per heavy atom. The fourth-order valence-corrected chi connectivity index (χ4v) is 2.88. The topological polar surface area (TPSA) is 26.2 Å². The summed E-state index contributed by atoms with van der Waals surface area (Å²) < 4.78 is 11.0. The largest absolute Gasteiger partial charge is 0.466 e. The molecule has 1 fully saturated rings. The Morgan fingerprint density at radius 2 is 2.28 bits per heavy atom. The first-order valence-corrected chi connectivity index (χ1v) is 6.88. The van der Waals surface area contributed by atoms with Gasteiger partial charge in [-0.1, -0.05) is 6.58 Å². The van der Waals surface area contributed by atoms with E-state index < -0.39 is 0 Å². The first-order valence-electron chi connectivity index (χ1n) is 6.10. The second-order valence-electron chi connectivity index (χ2n) is 4.57. The SMILES string of the molecule is C=COc1ccc2c(c1)cc(C)n2SNC1CC1. The Kier molecular flexibility index (Phi) is 3.06. The van der Waals surface area contributed by atoms with Gasteiger partial charge in [-0.3, -0.25) is 3.97 Å². The lowest BCUT2D eigenvalue weighted by Gasteiger charge is -2.07. The van der Waals surface area contributed by atoms with Crippen LogP contribution in [0.1, 0.15) is 18.5 Å². The van der Waals surface area contributed by atoms with Crippen LogP contribution >= 0.6 is 12.1 Å². The minimum absolute atomic E-state index is 0.690. The van der Waals surface area contributed by atoms with Crippen LogP contribution in [0.15, 0.2) is 37.1 Å². The summed E-state index contributed by atoms with van der Waals surface area (Å²) in [5, 5.41) is 1.19. The number of hydrogen-bond acceptors (Lipinski definition) is 3.